The second-order valence-corrected chi connectivity index (χ2v) is 6.14. The van der Waals surface area contributed by atoms with Gasteiger partial charge in [0.15, 0.2) is 0 Å². The highest BCUT2D eigenvalue weighted by Gasteiger charge is 2.04. The molecule has 0 aliphatic rings. The van der Waals surface area contributed by atoms with Gasteiger partial charge >= 0.3 is 0 Å². The molecule has 0 aliphatic carbocycles. The molecule has 0 bridgehead atoms. The monoisotopic (exact) mass is 282 g/mol. The minimum Gasteiger partial charge on any atom is -0.375 e. The molecule has 0 unspecified atom stereocenters. The number of aromatic nitrogens is 1. The first-order chi connectivity index (χ1) is 10.1. The highest BCUT2D eigenvalue weighted by atomic mass is 15.1. The first kappa shape index (κ1) is 15.6. The number of hydrogen-bond donors (Lipinski definition) is 0. The summed E-state index contributed by atoms with van der Waals surface area (Å²) >= 11 is 0. The van der Waals surface area contributed by atoms with E-state index in [2.05, 4.69) is 61.1 Å². The van der Waals surface area contributed by atoms with Gasteiger partial charge in [-0.3, -0.25) is 4.98 Å². The van der Waals surface area contributed by atoms with E-state index in [0.29, 0.717) is 0 Å². The fourth-order valence-electron chi connectivity index (χ4n) is 2.37. The van der Waals surface area contributed by atoms with Crippen molar-refractivity contribution in [3.63, 3.8) is 0 Å². The van der Waals surface area contributed by atoms with E-state index in [0.717, 1.165) is 25.3 Å². The molecule has 2 rings (SSSR count). The normalized spacial score (nSPS) is 10.9. The van der Waals surface area contributed by atoms with E-state index in [9.17, 15) is 0 Å². The minimum atomic E-state index is 0.751. The van der Waals surface area contributed by atoms with Crippen molar-refractivity contribution < 1.29 is 0 Å². The Hall–Kier alpha value is -1.83. The Balaban J connectivity index is 1.94. The number of anilines is 1. The van der Waals surface area contributed by atoms with Crippen molar-refractivity contribution >= 4 is 5.69 Å². The molecule has 1 heterocycles. The van der Waals surface area contributed by atoms with Crippen LogP contribution in [0.5, 0.6) is 0 Å². The Morgan fingerprint density at radius 1 is 1.05 bits per heavy atom. The first-order valence-corrected chi connectivity index (χ1v) is 7.84. The van der Waals surface area contributed by atoms with Crippen LogP contribution in [0.4, 0.5) is 5.69 Å². The molecule has 112 valence electrons. The van der Waals surface area contributed by atoms with Crippen LogP contribution in [-0.2, 0) is 12.8 Å². The Bertz CT molecular complexity index is 534. The molecule has 0 aliphatic heterocycles. The second-order valence-electron chi connectivity index (χ2n) is 6.14. The van der Waals surface area contributed by atoms with Gasteiger partial charge in [0.2, 0.25) is 0 Å². The molecule has 0 amide bonds. The molecule has 0 atom stereocenters. The highest BCUT2D eigenvalue weighted by Crippen LogP contribution is 2.17. The lowest BCUT2D eigenvalue weighted by molar-refractivity contribution is 0.585. The lowest BCUT2D eigenvalue weighted by Gasteiger charge is -2.21. The Morgan fingerprint density at radius 3 is 2.52 bits per heavy atom. The maximum absolute atomic E-state index is 4.18. The van der Waals surface area contributed by atoms with Crippen LogP contribution in [0.15, 0.2) is 48.8 Å². The van der Waals surface area contributed by atoms with Crippen LogP contribution in [0.2, 0.25) is 0 Å². The third kappa shape index (κ3) is 5.22. The lowest BCUT2D eigenvalue weighted by atomic mass is 10.0. The average molecular weight is 282 g/mol. The summed E-state index contributed by atoms with van der Waals surface area (Å²) in [7, 11) is 2.18. The molecule has 0 fully saturated rings. The van der Waals surface area contributed by atoms with E-state index in [-0.39, 0.29) is 0 Å². The Morgan fingerprint density at radius 2 is 1.81 bits per heavy atom. The minimum absolute atomic E-state index is 0.751. The maximum Gasteiger partial charge on any atom is 0.0366 e. The summed E-state index contributed by atoms with van der Waals surface area (Å²) in [5, 5.41) is 0. The highest BCUT2D eigenvalue weighted by molar-refractivity contribution is 5.48. The number of aryl methyl sites for hydroxylation is 2. The summed E-state index contributed by atoms with van der Waals surface area (Å²) in [5.74, 6) is 0.751. The van der Waals surface area contributed by atoms with E-state index < -0.39 is 0 Å². The standard InChI is InChI=1S/C19H26N2/c1-16(2)11-13-21(3)19-8-4-6-17(14-19)9-10-18-7-5-12-20-15-18/h4-8,12,14-16H,9-11,13H2,1-3H3. The second kappa shape index (κ2) is 7.82. The van der Waals surface area contributed by atoms with E-state index >= 15 is 0 Å². The van der Waals surface area contributed by atoms with Gasteiger partial charge in [0.25, 0.3) is 0 Å². The molecule has 0 radical (unpaired) electrons. The zero-order valence-electron chi connectivity index (χ0n) is 13.4. The zero-order chi connectivity index (χ0) is 15.1. The van der Waals surface area contributed by atoms with Gasteiger partial charge < -0.3 is 4.90 Å². The number of pyridine rings is 1. The van der Waals surface area contributed by atoms with Crippen LogP contribution in [0.1, 0.15) is 31.4 Å². The molecule has 21 heavy (non-hydrogen) atoms. The van der Waals surface area contributed by atoms with Gasteiger partial charge in [0.05, 0.1) is 0 Å². The predicted octanol–water partition coefficient (Wildman–Crippen LogP) is 4.35. The van der Waals surface area contributed by atoms with Gasteiger partial charge in [-0.25, -0.2) is 0 Å². The van der Waals surface area contributed by atoms with Crippen molar-refractivity contribution in [1.29, 1.82) is 0 Å². The van der Waals surface area contributed by atoms with Gasteiger partial charge in [0.1, 0.15) is 0 Å². The quantitative estimate of drug-likeness (QED) is 0.750. The average Bonchev–Trinajstić information content (AvgIpc) is 2.52. The van der Waals surface area contributed by atoms with E-state index in [1.54, 1.807) is 0 Å². The third-order valence-electron chi connectivity index (χ3n) is 3.82. The Kier molecular flexibility index (Phi) is 5.79. The van der Waals surface area contributed by atoms with Crippen LogP contribution >= 0.6 is 0 Å². The van der Waals surface area contributed by atoms with Crippen molar-refractivity contribution in [1.82, 2.24) is 4.98 Å². The number of rotatable bonds is 7. The van der Waals surface area contributed by atoms with E-state index in [1.807, 2.05) is 18.5 Å². The molecule has 0 spiro atoms. The van der Waals surface area contributed by atoms with Gasteiger partial charge in [-0.15, -0.1) is 0 Å². The Labute approximate surface area is 128 Å². The molecular weight excluding hydrogens is 256 g/mol. The summed E-state index contributed by atoms with van der Waals surface area (Å²) in [5.41, 5.74) is 4.02. The van der Waals surface area contributed by atoms with Crippen molar-refractivity contribution in [3.8, 4) is 0 Å². The van der Waals surface area contributed by atoms with Crippen molar-refractivity contribution in [2.75, 3.05) is 18.5 Å². The number of benzene rings is 1. The van der Waals surface area contributed by atoms with Crippen LogP contribution < -0.4 is 4.90 Å². The van der Waals surface area contributed by atoms with E-state index in [1.165, 1.54) is 23.2 Å². The van der Waals surface area contributed by atoms with Crippen LogP contribution in [0.3, 0.4) is 0 Å². The number of nitrogens with zero attached hydrogens (tertiary/aromatic N) is 2. The van der Waals surface area contributed by atoms with Crippen LogP contribution in [0.25, 0.3) is 0 Å². The maximum atomic E-state index is 4.18. The number of hydrogen-bond acceptors (Lipinski definition) is 2. The van der Waals surface area contributed by atoms with Crippen LogP contribution in [-0.4, -0.2) is 18.6 Å². The van der Waals surface area contributed by atoms with Gasteiger partial charge in [-0.1, -0.05) is 32.0 Å². The van der Waals surface area contributed by atoms with Gasteiger partial charge in [-0.05, 0) is 54.5 Å². The third-order valence-corrected chi connectivity index (χ3v) is 3.82. The fourth-order valence-corrected chi connectivity index (χ4v) is 2.37. The molecule has 1 aromatic carbocycles. The molecule has 0 N–H and O–H groups in total. The molecule has 0 saturated heterocycles. The molecule has 1 aromatic heterocycles. The largest absolute Gasteiger partial charge is 0.375 e. The summed E-state index contributed by atoms with van der Waals surface area (Å²) in [6.07, 6.45) is 7.13. The molecular formula is C19H26N2. The van der Waals surface area contributed by atoms with Gasteiger partial charge in [-0.2, -0.15) is 0 Å². The summed E-state index contributed by atoms with van der Waals surface area (Å²) < 4.78 is 0. The van der Waals surface area contributed by atoms with Crippen LogP contribution in [0, 0.1) is 5.92 Å². The molecule has 2 heteroatoms. The fraction of sp³-hybridized carbons (Fsp3) is 0.421. The van der Waals surface area contributed by atoms with Gasteiger partial charge in [0, 0.05) is 31.7 Å². The summed E-state index contributed by atoms with van der Waals surface area (Å²) in [6, 6.07) is 13.1. The van der Waals surface area contributed by atoms with Crippen molar-refractivity contribution in [3.05, 3.63) is 59.9 Å². The van der Waals surface area contributed by atoms with Crippen molar-refractivity contribution in [2.45, 2.75) is 33.1 Å². The summed E-state index contributed by atoms with van der Waals surface area (Å²) in [4.78, 5) is 6.53. The first-order valence-electron chi connectivity index (χ1n) is 7.84. The lowest BCUT2D eigenvalue weighted by Crippen LogP contribution is -2.19. The molecule has 2 nitrogen and oxygen atoms in total. The topological polar surface area (TPSA) is 16.1 Å². The smallest absolute Gasteiger partial charge is 0.0366 e. The van der Waals surface area contributed by atoms with Crippen molar-refractivity contribution in [2.24, 2.45) is 5.92 Å². The molecule has 2 aromatic rings. The SMILES string of the molecule is CC(C)CCN(C)c1cccc(CCc2cccnc2)c1. The van der Waals surface area contributed by atoms with E-state index in [4.69, 9.17) is 0 Å². The molecule has 0 saturated carbocycles. The zero-order valence-corrected chi connectivity index (χ0v) is 13.4. The summed E-state index contributed by atoms with van der Waals surface area (Å²) in [6.45, 7) is 5.67. The predicted molar refractivity (Wildman–Crippen MR) is 90.8 cm³/mol.